The van der Waals surface area contributed by atoms with Gasteiger partial charge in [-0.1, -0.05) is 17.8 Å². The molecule has 2 aromatic heterocycles. The van der Waals surface area contributed by atoms with Gasteiger partial charge < -0.3 is 15.2 Å². The Kier molecular flexibility index (Phi) is 13.2. The molecule has 15 nitrogen and oxygen atoms in total. The summed E-state index contributed by atoms with van der Waals surface area (Å²) in [7, 11) is -4.42. The van der Waals surface area contributed by atoms with E-state index in [2.05, 4.69) is 20.8 Å². The van der Waals surface area contributed by atoms with E-state index in [0.29, 0.717) is 10.5 Å². The minimum absolute atomic E-state index is 0. The number of ether oxygens (including phenoxy) is 1. The van der Waals surface area contributed by atoms with Gasteiger partial charge in [0.1, 0.15) is 22.7 Å². The Morgan fingerprint density at radius 3 is 2.55 bits per heavy atom. The SMILES string of the molecule is CC(C)(C)OC(=O)C(C(=O)NC1C(=O)N2C(C(=O)O)=C(CSc3nnnn3CS(=O)(=O)O)CS[C@H]12)c1cccs1.[NaH].[NaH]. The first-order chi connectivity index (χ1) is 18.7. The molecule has 0 radical (unpaired) electrons. The van der Waals surface area contributed by atoms with Crippen LogP contribution in [0.15, 0.2) is 33.9 Å². The molecule has 220 valence electrons. The van der Waals surface area contributed by atoms with Crippen LogP contribution in [0.2, 0.25) is 0 Å². The molecule has 1 saturated heterocycles. The predicted octanol–water partition coefficient (Wildman–Crippen LogP) is -0.761. The number of rotatable bonds is 10. The monoisotopic (exact) mass is 680 g/mol. The first kappa shape index (κ1) is 37.2. The second kappa shape index (κ2) is 14.9. The number of tetrazole rings is 1. The van der Waals surface area contributed by atoms with Gasteiger partial charge in [0.2, 0.25) is 11.1 Å². The third-order valence-corrected chi connectivity index (χ3v) is 9.33. The Labute approximate surface area is 297 Å². The van der Waals surface area contributed by atoms with Crippen molar-refractivity contribution >= 4 is 128 Å². The van der Waals surface area contributed by atoms with Gasteiger partial charge in [0.25, 0.3) is 16.0 Å². The van der Waals surface area contributed by atoms with Crippen LogP contribution in [0.1, 0.15) is 31.6 Å². The van der Waals surface area contributed by atoms with Crippen LogP contribution in [0.4, 0.5) is 0 Å². The molecule has 1 fully saturated rings. The standard InChI is InChI=1S/C21H24N6O9S4.2Na.2H/c1-21(2,3)36-19(32)12(11-5-4-6-37-11)15(28)22-13-16(29)27-14(18(30)31)10(7-38-17(13)27)8-39-20-23-24-25-26(20)9-40(33,34)35;;;;/h4-6,12-13,17H,7-9H2,1-3H3,(H,22,28)(H,30,31)(H,33,34,35);;;;/t12?,13?,17-;;;;/m1..../s1. The van der Waals surface area contributed by atoms with Crippen LogP contribution in [-0.4, -0.2) is 155 Å². The fraction of sp³-hybridized carbons (Fsp3) is 0.476. The molecule has 0 aromatic carbocycles. The Morgan fingerprint density at radius 1 is 1.29 bits per heavy atom. The second-order valence-corrected chi connectivity index (χ2v) is 14.0. The van der Waals surface area contributed by atoms with E-state index < -0.39 is 62.7 Å². The van der Waals surface area contributed by atoms with Crippen molar-refractivity contribution in [3.63, 3.8) is 0 Å². The van der Waals surface area contributed by atoms with Gasteiger partial charge in [-0.15, -0.1) is 28.2 Å². The number of thioether (sulfide) groups is 2. The van der Waals surface area contributed by atoms with Crippen molar-refractivity contribution in [2.75, 3.05) is 11.5 Å². The summed E-state index contributed by atoms with van der Waals surface area (Å²) >= 11 is 3.34. The molecule has 4 rings (SSSR count). The average Bonchev–Trinajstić information content (AvgIpc) is 3.50. The number of thiophene rings is 1. The number of nitrogens with one attached hydrogen (secondary N) is 1. The number of esters is 1. The van der Waals surface area contributed by atoms with Crippen LogP contribution in [0.25, 0.3) is 0 Å². The van der Waals surface area contributed by atoms with E-state index in [-0.39, 0.29) is 81.5 Å². The van der Waals surface area contributed by atoms with Crippen LogP contribution < -0.4 is 5.32 Å². The Balaban J connectivity index is 0.00000308. The molecule has 2 aliphatic heterocycles. The molecule has 42 heavy (non-hydrogen) atoms. The number of carboxylic acids is 1. The summed E-state index contributed by atoms with van der Waals surface area (Å²) < 4.78 is 37.7. The molecular formula is C21H26N6Na2O9S4. The molecular weight excluding hydrogens is 655 g/mol. The molecule has 0 saturated carbocycles. The maximum absolute atomic E-state index is 13.2. The number of carboxylic acid groups (broad SMARTS) is 1. The minimum atomic E-state index is -4.42. The van der Waals surface area contributed by atoms with E-state index >= 15 is 0 Å². The fourth-order valence-electron chi connectivity index (χ4n) is 3.89. The van der Waals surface area contributed by atoms with Gasteiger partial charge in [-0.3, -0.25) is 23.8 Å². The summed E-state index contributed by atoms with van der Waals surface area (Å²) in [6, 6.07) is 2.24. The number of aliphatic carboxylic acids is 1. The van der Waals surface area contributed by atoms with Crippen molar-refractivity contribution in [1.82, 2.24) is 30.4 Å². The first-order valence-corrected chi connectivity index (χ1v) is 16.0. The summed E-state index contributed by atoms with van der Waals surface area (Å²) in [5.41, 5.74) is -0.758. The van der Waals surface area contributed by atoms with Gasteiger partial charge in [0.15, 0.2) is 11.8 Å². The summed E-state index contributed by atoms with van der Waals surface area (Å²) in [4.78, 5) is 52.9. The summed E-state index contributed by atoms with van der Waals surface area (Å²) in [5, 5.41) is 24.1. The topological polar surface area (TPSA) is 211 Å². The molecule has 0 spiro atoms. The van der Waals surface area contributed by atoms with Crippen molar-refractivity contribution < 1.29 is 42.0 Å². The van der Waals surface area contributed by atoms with Crippen molar-refractivity contribution in [2.24, 2.45) is 0 Å². The van der Waals surface area contributed by atoms with E-state index in [1.807, 2.05) is 0 Å². The van der Waals surface area contributed by atoms with Gasteiger partial charge in [-0.05, 0) is 48.2 Å². The number of amides is 2. The van der Waals surface area contributed by atoms with E-state index in [1.54, 1.807) is 38.3 Å². The molecule has 3 atom stereocenters. The van der Waals surface area contributed by atoms with E-state index in [9.17, 15) is 32.7 Å². The zero-order valence-corrected chi connectivity index (χ0v) is 24.5. The zero-order chi connectivity index (χ0) is 29.4. The van der Waals surface area contributed by atoms with Gasteiger partial charge in [-0.2, -0.15) is 8.42 Å². The molecule has 21 heteroatoms. The van der Waals surface area contributed by atoms with Crippen LogP contribution >= 0.6 is 34.9 Å². The van der Waals surface area contributed by atoms with Crippen LogP contribution in [-0.2, 0) is 39.9 Å². The molecule has 2 unspecified atom stereocenters. The molecule has 0 bridgehead atoms. The number of aromatic nitrogens is 4. The third-order valence-electron chi connectivity index (χ3n) is 5.44. The van der Waals surface area contributed by atoms with Crippen molar-refractivity contribution in [3.05, 3.63) is 33.7 Å². The van der Waals surface area contributed by atoms with Gasteiger partial charge in [-0.25, -0.2) is 9.48 Å². The van der Waals surface area contributed by atoms with Crippen molar-refractivity contribution in [1.29, 1.82) is 0 Å². The Hall–Kier alpha value is -1.00. The summed E-state index contributed by atoms with van der Waals surface area (Å²) in [5.74, 6) is -5.52. The number of fused-ring (bicyclic) bond motifs is 1. The van der Waals surface area contributed by atoms with Gasteiger partial charge in [0.05, 0.1) is 0 Å². The number of hydrogen-bond acceptors (Lipinski definition) is 13. The molecule has 2 aromatic rings. The summed E-state index contributed by atoms with van der Waals surface area (Å²) in [6.45, 7) is 5.01. The number of carbonyl (C=O) groups excluding carboxylic acids is 3. The number of hydrogen-bond donors (Lipinski definition) is 3. The maximum atomic E-state index is 13.2. The average molecular weight is 681 g/mol. The van der Waals surface area contributed by atoms with Crippen LogP contribution in [0.5, 0.6) is 0 Å². The normalized spacial score (nSPS) is 19.0. The van der Waals surface area contributed by atoms with Gasteiger partial charge >= 0.3 is 71.1 Å². The first-order valence-electron chi connectivity index (χ1n) is 11.5. The number of β-lactam (4-membered cyclic amide) rings is 1. The van der Waals surface area contributed by atoms with E-state index in [4.69, 9.17) is 9.29 Å². The van der Waals surface area contributed by atoms with E-state index in [1.165, 1.54) is 23.1 Å². The van der Waals surface area contributed by atoms with Crippen LogP contribution in [0.3, 0.4) is 0 Å². The van der Waals surface area contributed by atoms with E-state index in [0.717, 1.165) is 21.3 Å². The molecule has 4 heterocycles. The third kappa shape index (κ3) is 8.80. The molecule has 2 aliphatic rings. The molecule has 2 amide bonds. The van der Waals surface area contributed by atoms with Crippen molar-refractivity contribution in [2.45, 2.75) is 54.7 Å². The molecule has 3 N–H and O–H groups in total. The molecule has 0 aliphatic carbocycles. The zero-order valence-electron chi connectivity index (χ0n) is 21.2. The number of carbonyl (C=O) groups is 4. The Bertz CT molecular complexity index is 1480. The van der Waals surface area contributed by atoms with Crippen LogP contribution in [0, 0.1) is 0 Å². The number of nitrogens with zero attached hydrogens (tertiary/aromatic N) is 5. The second-order valence-electron chi connectivity index (χ2n) is 9.60. The predicted molar refractivity (Wildman–Crippen MR) is 157 cm³/mol. The van der Waals surface area contributed by atoms with Gasteiger partial charge in [0, 0.05) is 16.4 Å². The summed E-state index contributed by atoms with van der Waals surface area (Å²) in [6.07, 6.45) is 0. The Morgan fingerprint density at radius 2 is 1.98 bits per heavy atom. The van der Waals surface area contributed by atoms with Crippen molar-refractivity contribution in [3.8, 4) is 0 Å². The quantitative estimate of drug-likeness (QED) is 0.0704. The fourth-order valence-corrected chi connectivity index (χ4v) is 7.62.